The van der Waals surface area contributed by atoms with E-state index in [9.17, 15) is 4.79 Å². The van der Waals surface area contributed by atoms with E-state index in [1.165, 1.54) is 6.08 Å². The lowest BCUT2D eigenvalue weighted by molar-refractivity contribution is -0.145. The van der Waals surface area contributed by atoms with Gasteiger partial charge in [0, 0.05) is 5.88 Å². The summed E-state index contributed by atoms with van der Waals surface area (Å²) in [7, 11) is 0. The summed E-state index contributed by atoms with van der Waals surface area (Å²) < 4.78 is 0. The molecule has 0 aliphatic carbocycles. The highest BCUT2D eigenvalue weighted by Crippen LogP contribution is 2.11. The number of allylic oxidation sites excluding steroid dienone is 1. The predicted octanol–water partition coefficient (Wildman–Crippen LogP) is 0.863. The fourth-order valence-electron chi connectivity index (χ4n) is 0.710. The molecule has 0 bridgehead atoms. The Morgan fingerprint density at radius 3 is 2.55 bits per heavy atom. The number of halogens is 1. The molecule has 0 amide bonds. The zero-order valence-electron chi connectivity index (χ0n) is 6.03. The topological polar surface area (TPSA) is 57.5 Å². The molecule has 4 heteroatoms. The molecule has 0 aliphatic heterocycles. The standard InChI is InChI=1S/C7H11ClO3/c1-2-3-5(7(10)11)6(9)4-8/h2,5-6,9H,1,3-4H2,(H,10,11). The van der Waals surface area contributed by atoms with Crippen molar-refractivity contribution in [3.05, 3.63) is 12.7 Å². The van der Waals surface area contributed by atoms with E-state index < -0.39 is 18.0 Å². The van der Waals surface area contributed by atoms with Gasteiger partial charge in [-0.05, 0) is 6.42 Å². The molecule has 3 nitrogen and oxygen atoms in total. The van der Waals surface area contributed by atoms with Gasteiger partial charge in [0.15, 0.2) is 0 Å². The highest BCUT2D eigenvalue weighted by molar-refractivity contribution is 6.18. The summed E-state index contributed by atoms with van der Waals surface area (Å²) in [5, 5.41) is 17.6. The molecule has 0 spiro atoms. The van der Waals surface area contributed by atoms with Gasteiger partial charge in [-0.2, -0.15) is 0 Å². The van der Waals surface area contributed by atoms with Crippen molar-refractivity contribution < 1.29 is 15.0 Å². The third-order valence-electron chi connectivity index (χ3n) is 1.36. The average Bonchev–Trinajstić information content (AvgIpc) is 1.98. The smallest absolute Gasteiger partial charge is 0.309 e. The van der Waals surface area contributed by atoms with Gasteiger partial charge in [0.1, 0.15) is 0 Å². The Kier molecular flexibility index (Phi) is 4.90. The van der Waals surface area contributed by atoms with Gasteiger partial charge in [0.2, 0.25) is 0 Å². The van der Waals surface area contributed by atoms with Gasteiger partial charge in [-0.3, -0.25) is 4.79 Å². The van der Waals surface area contributed by atoms with Gasteiger partial charge >= 0.3 is 5.97 Å². The summed E-state index contributed by atoms with van der Waals surface area (Å²) in [6.45, 7) is 3.38. The average molecular weight is 179 g/mol. The Bertz CT molecular complexity index is 147. The molecule has 0 aliphatic rings. The Morgan fingerprint density at radius 2 is 2.27 bits per heavy atom. The van der Waals surface area contributed by atoms with E-state index >= 15 is 0 Å². The number of carboxylic acids is 1. The van der Waals surface area contributed by atoms with Crippen molar-refractivity contribution in [3.63, 3.8) is 0 Å². The molecule has 64 valence electrons. The maximum absolute atomic E-state index is 10.4. The molecule has 2 N–H and O–H groups in total. The third-order valence-corrected chi connectivity index (χ3v) is 1.68. The summed E-state index contributed by atoms with van der Waals surface area (Å²) in [6, 6.07) is 0. The Morgan fingerprint density at radius 1 is 1.73 bits per heavy atom. The van der Waals surface area contributed by atoms with Crippen molar-refractivity contribution >= 4 is 17.6 Å². The molecule has 2 unspecified atom stereocenters. The van der Waals surface area contributed by atoms with Gasteiger partial charge in [-0.1, -0.05) is 6.08 Å². The summed E-state index contributed by atoms with van der Waals surface area (Å²) in [4.78, 5) is 10.4. The lowest BCUT2D eigenvalue weighted by Crippen LogP contribution is -2.28. The number of aliphatic hydroxyl groups excluding tert-OH is 1. The van der Waals surface area contributed by atoms with E-state index in [1.807, 2.05) is 0 Å². The third kappa shape index (κ3) is 3.39. The lowest BCUT2D eigenvalue weighted by atomic mass is 10.0. The molecule has 0 saturated heterocycles. The fourth-order valence-corrected chi connectivity index (χ4v) is 0.925. The highest BCUT2D eigenvalue weighted by atomic mass is 35.5. The SMILES string of the molecule is C=CCC(C(=O)O)C(O)CCl. The first-order chi connectivity index (χ1) is 5.13. The van der Waals surface area contributed by atoms with Gasteiger partial charge in [-0.15, -0.1) is 18.2 Å². The molecule has 0 radical (unpaired) electrons. The zero-order valence-corrected chi connectivity index (χ0v) is 6.79. The van der Waals surface area contributed by atoms with E-state index in [2.05, 4.69) is 6.58 Å². The summed E-state index contributed by atoms with van der Waals surface area (Å²) >= 11 is 5.28. The fraction of sp³-hybridized carbons (Fsp3) is 0.571. The van der Waals surface area contributed by atoms with Crippen LogP contribution < -0.4 is 0 Å². The van der Waals surface area contributed by atoms with E-state index in [0.717, 1.165) is 0 Å². The van der Waals surface area contributed by atoms with Gasteiger partial charge in [0.25, 0.3) is 0 Å². The molecule has 0 aromatic carbocycles. The molecule has 0 aromatic heterocycles. The molecule has 2 atom stereocenters. The van der Waals surface area contributed by atoms with Crippen LogP contribution in [0.4, 0.5) is 0 Å². The first kappa shape index (κ1) is 10.5. The first-order valence-corrected chi connectivity index (χ1v) is 3.74. The summed E-state index contributed by atoms with van der Waals surface area (Å²) in [5.74, 6) is -1.94. The minimum atomic E-state index is -1.04. The van der Waals surface area contributed by atoms with E-state index in [-0.39, 0.29) is 12.3 Å². The Labute approximate surface area is 70.3 Å². The normalized spacial score (nSPS) is 15.5. The van der Waals surface area contributed by atoms with Crippen LogP contribution in [0.15, 0.2) is 12.7 Å². The van der Waals surface area contributed by atoms with Crippen LogP contribution in [0.5, 0.6) is 0 Å². The van der Waals surface area contributed by atoms with Gasteiger partial charge in [-0.25, -0.2) is 0 Å². The summed E-state index contributed by atoms with van der Waals surface area (Å²) in [6.07, 6.45) is 0.699. The number of aliphatic hydroxyl groups is 1. The second-order valence-corrected chi connectivity index (χ2v) is 2.50. The van der Waals surface area contributed by atoms with E-state index in [1.54, 1.807) is 0 Å². The highest BCUT2D eigenvalue weighted by Gasteiger charge is 2.23. The Hall–Kier alpha value is -0.540. The van der Waals surface area contributed by atoms with Crippen molar-refractivity contribution in [2.45, 2.75) is 12.5 Å². The van der Waals surface area contributed by atoms with Crippen LogP contribution in [0.2, 0.25) is 0 Å². The number of aliphatic carboxylic acids is 1. The minimum Gasteiger partial charge on any atom is -0.481 e. The van der Waals surface area contributed by atoms with Crippen molar-refractivity contribution in [2.75, 3.05) is 5.88 Å². The second-order valence-electron chi connectivity index (χ2n) is 2.19. The number of carboxylic acid groups (broad SMARTS) is 1. The molecule has 0 heterocycles. The minimum absolute atomic E-state index is 0.0647. The monoisotopic (exact) mass is 178 g/mol. The maximum atomic E-state index is 10.4. The molecule has 0 aromatic rings. The van der Waals surface area contributed by atoms with Crippen LogP contribution in [0, 0.1) is 5.92 Å². The number of hydrogen-bond donors (Lipinski definition) is 2. The quantitative estimate of drug-likeness (QED) is 0.485. The molecule has 11 heavy (non-hydrogen) atoms. The van der Waals surface area contributed by atoms with E-state index in [0.29, 0.717) is 0 Å². The lowest BCUT2D eigenvalue weighted by Gasteiger charge is -2.14. The maximum Gasteiger partial charge on any atom is 0.309 e. The van der Waals surface area contributed by atoms with Crippen molar-refractivity contribution in [1.82, 2.24) is 0 Å². The van der Waals surface area contributed by atoms with Crippen LogP contribution in [0.3, 0.4) is 0 Å². The van der Waals surface area contributed by atoms with Crippen LogP contribution in [0.25, 0.3) is 0 Å². The van der Waals surface area contributed by atoms with Crippen LogP contribution >= 0.6 is 11.6 Å². The predicted molar refractivity (Wildman–Crippen MR) is 42.7 cm³/mol. The zero-order chi connectivity index (χ0) is 8.85. The molecular weight excluding hydrogens is 168 g/mol. The molecular formula is C7H11ClO3. The number of rotatable bonds is 5. The van der Waals surface area contributed by atoms with Crippen LogP contribution in [-0.4, -0.2) is 28.2 Å². The number of hydrogen-bond acceptors (Lipinski definition) is 2. The molecule has 0 fully saturated rings. The van der Waals surface area contributed by atoms with Crippen molar-refractivity contribution in [1.29, 1.82) is 0 Å². The first-order valence-electron chi connectivity index (χ1n) is 3.21. The van der Waals surface area contributed by atoms with Gasteiger partial charge < -0.3 is 10.2 Å². The Balaban J connectivity index is 4.08. The summed E-state index contributed by atoms with van der Waals surface area (Å²) in [5.41, 5.74) is 0. The van der Waals surface area contributed by atoms with Crippen molar-refractivity contribution in [2.24, 2.45) is 5.92 Å². The van der Waals surface area contributed by atoms with Gasteiger partial charge in [0.05, 0.1) is 12.0 Å². The van der Waals surface area contributed by atoms with E-state index in [4.69, 9.17) is 21.8 Å². The molecule has 0 saturated carbocycles. The largest absolute Gasteiger partial charge is 0.481 e. The van der Waals surface area contributed by atoms with Crippen LogP contribution in [-0.2, 0) is 4.79 Å². The number of alkyl halides is 1. The second kappa shape index (κ2) is 5.16. The van der Waals surface area contributed by atoms with Crippen LogP contribution in [0.1, 0.15) is 6.42 Å². The van der Waals surface area contributed by atoms with Crippen molar-refractivity contribution in [3.8, 4) is 0 Å². The number of carbonyl (C=O) groups is 1. The molecule has 0 rings (SSSR count).